The third kappa shape index (κ3) is 6.01. The predicted octanol–water partition coefficient (Wildman–Crippen LogP) is 3.44. The third-order valence-corrected chi connectivity index (χ3v) is 4.37. The third-order valence-electron chi connectivity index (χ3n) is 4.37. The van der Waals surface area contributed by atoms with Crippen molar-refractivity contribution in [1.82, 2.24) is 10.2 Å². The molecular weight excluding hydrogens is 220 g/mol. The smallest absolute Gasteiger partial charge is 0.0105 e. The van der Waals surface area contributed by atoms with Crippen LogP contribution in [0.4, 0.5) is 0 Å². The fourth-order valence-electron chi connectivity index (χ4n) is 2.89. The Bertz CT molecular complexity index is 225. The van der Waals surface area contributed by atoms with Crippen molar-refractivity contribution in [2.45, 2.75) is 57.9 Å². The van der Waals surface area contributed by atoms with Gasteiger partial charge < -0.3 is 10.2 Å². The van der Waals surface area contributed by atoms with Crippen molar-refractivity contribution in [2.24, 2.45) is 5.92 Å². The maximum atomic E-state index is 3.57. The molecule has 0 aromatic rings. The minimum atomic E-state index is 0.700. The highest BCUT2D eigenvalue weighted by atomic mass is 15.1. The van der Waals surface area contributed by atoms with Crippen molar-refractivity contribution in [3.8, 4) is 0 Å². The number of nitrogens with zero attached hydrogens (tertiary/aromatic N) is 1. The average molecular weight is 252 g/mol. The zero-order valence-corrected chi connectivity index (χ0v) is 12.6. The second-order valence-corrected chi connectivity index (χ2v) is 5.67. The monoisotopic (exact) mass is 252 g/mol. The molecule has 2 atom stereocenters. The Balaban J connectivity index is 2.42. The van der Waals surface area contributed by atoms with Crippen LogP contribution in [0.15, 0.2) is 12.2 Å². The Kier molecular flexibility index (Phi) is 8.36. The number of nitrogens with one attached hydrogen (secondary N) is 1. The lowest BCUT2D eigenvalue weighted by Crippen LogP contribution is -2.37. The highest BCUT2D eigenvalue weighted by molar-refractivity contribution is 4.86. The van der Waals surface area contributed by atoms with E-state index in [2.05, 4.69) is 43.4 Å². The zero-order chi connectivity index (χ0) is 13.2. The first-order valence-electron chi connectivity index (χ1n) is 7.78. The lowest BCUT2D eigenvalue weighted by Gasteiger charge is -2.28. The van der Waals surface area contributed by atoms with Crippen LogP contribution in [0.3, 0.4) is 0 Å². The molecule has 0 saturated heterocycles. The predicted molar refractivity (Wildman–Crippen MR) is 81.0 cm³/mol. The second kappa shape index (κ2) is 9.57. The van der Waals surface area contributed by atoms with Gasteiger partial charge in [-0.25, -0.2) is 0 Å². The number of hydrogen-bond donors (Lipinski definition) is 1. The van der Waals surface area contributed by atoms with Gasteiger partial charge in [0.2, 0.25) is 0 Å². The molecule has 0 fully saturated rings. The molecule has 1 rings (SSSR count). The van der Waals surface area contributed by atoms with E-state index >= 15 is 0 Å². The summed E-state index contributed by atoms with van der Waals surface area (Å²) in [6.45, 7) is 4.61. The molecule has 0 amide bonds. The summed E-state index contributed by atoms with van der Waals surface area (Å²) in [7, 11) is 4.36. The summed E-state index contributed by atoms with van der Waals surface area (Å²) in [5.41, 5.74) is 0. The van der Waals surface area contributed by atoms with Gasteiger partial charge in [0, 0.05) is 6.04 Å². The van der Waals surface area contributed by atoms with Crippen LogP contribution in [0.2, 0.25) is 0 Å². The molecule has 0 aliphatic heterocycles. The van der Waals surface area contributed by atoms with Crippen molar-refractivity contribution in [2.75, 3.05) is 27.2 Å². The van der Waals surface area contributed by atoms with Gasteiger partial charge in [0.25, 0.3) is 0 Å². The molecule has 0 spiro atoms. The minimum Gasteiger partial charge on any atom is -0.317 e. The van der Waals surface area contributed by atoms with Gasteiger partial charge >= 0.3 is 0 Å². The topological polar surface area (TPSA) is 15.3 Å². The van der Waals surface area contributed by atoms with Crippen LogP contribution in [-0.4, -0.2) is 38.1 Å². The molecule has 1 N–H and O–H groups in total. The van der Waals surface area contributed by atoms with Crippen molar-refractivity contribution in [1.29, 1.82) is 0 Å². The molecule has 18 heavy (non-hydrogen) atoms. The van der Waals surface area contributed by atoms with E-state index in [0.29, 0.717) is 6.04 Å². The van der Waals surface area contributed by atoms with Crippen molar-refractivity contribution in [3.05, 3.63) is 12.2 Å². The lowest BCUT2D eigenvalue weighted by atomic mass is 9.88. The first-order valence-corrected chi connectivity index (χ1v) is 7.78. The average Bonchev–Trinajstić information content (AvgIpc) is 2.53. The molecule has 0 heterocycles. The summed E-state index contributed by atoms with van der Waals surface area (Å²) in [5, 5.41) is 3.57. The van der Waals surface area contributed by atoms with Crippen LogP contribution < -0.4 is 5.32 Å². The molecule has 0 saturated carbocycles. The lowest BCUT2D eigenvalue weighted by molar-refractivity contribution is 0.264. The van der Waals surface area contributed by atoms with E-state index in [1.165, 1.54) is 51.5 Å². The van der Waals surface area contributed by atoms with E-state index in [-0.39, 0.29) is 0 Å². The summed E-state index contributed by atoms with van der Waals surface area (Å²) < 4.78 is 0. The van der Waals surface area contributed by atoms with Gasteiger partial charge in [0.15, 0.2) is 0 Å². The van der Waals surface area contributed by atoms with E-state index < -0.39 is 0 Å². The fourth-order valence-corrected chi connectivity index (χ4v) is 2.89. The van der Waals surface area contributed by atoms with Gasteiger partial charge in [-0.3, -0.25) is 0 Å². The molecule has 0 aromatic heterocycles. The van der Waals surface area contributed by atoms with Gasteiger partial charge in [-0.1, -0.05) is 25.5 Å². The van der Waals surface area contributed by atoms with Crippen molar-refractivity contribution in [3.63, 3.8) is 0 Å². The number of hydrogen-bond acceptors (Lipinski definition) is 2. The van der Waals surface area contributed by atoms with Crippen LogP contribution >= 0.6 is 0 Å². The molecular formula is C16H32N2. The Morgan fingerprint density at radius 1 is 1.22 bits per heavy atom. The van der Waals surface area contributed by atoms with Crippen molar-refractivity contribution < 1.29 is 0 Å². The van der Waals surface area contributed by atoms with E-state index in [1.807, 2.05) is 0 Å². The highest BCUT2D eigenvalue weighted by Crippen LogP contribution is 2.23. The summed E-state index contributed by atoms with van der Waals surface area (Å²) in [6.07, 6.45) is 14.2. The fraction of sp³-hybridized carbons (Fsp3) is 0.875. The summed E-state index contributed by atoms with van der Waals surface area (Å²) in [5.74, 6) is 0.864. The summed E-state index contributed by atoms with van der Waals surface area (Å²) in [4.78, 5) is 2.42. The van der Waals surface area contributed by atoms with Crippen LogP contribution in [0, 0.1) is 5.92 Å². The molecule has 0 radical (unpaired) electrons. The van der Waals surface area contributed by atoms with Gasteiger partial charge in [-0.15, -0.1) is 0 Å². The van der Waals surface area contributed by atoms with E-state index in [0.717, 1.165) is 12.5 Å². The van der Waals surface area contributed by atoms with E-state index in [9.17, 15) is 0 Å². The number of rotatable bonds is 6. The molecule has 0 bridgehead atoms. The SMILES string of the molecule is CCN(C)CCC(NC)C1CC/C=C\CCCC1. The van der Waals surface area contributed by atoms with Crippen LogP contribution in [0.1, 0.15) is 51.9 Å². The molecule has 106 valence electrons. The van der Waals surface area contributed by atoms with Gasteiger partial charge in [-0.2, -0.15) is 0 Å². The van der Waals surface area contributed by atoms with Gasteiger partial charge in [0.1, 0.15) is 0 Å². The van der Waals surface area contributed by atoms with E-state index in [4.69, 9.17) is 0 Å². The van der Waals surface area contributed by atoms with Gasteiger partial charge in [0.05, 0.1) is 0 Å². The van der Waals surface area contributed by atoms with Crippen LogP contribution in [0.25, 0.3) is 0 Å². The molecule has 1 aliphatic carbocycles. The molecule has 2 nitrogen and oxygen atoms in total. The minimum absolute atomic E-state index is 0.700. The first kappa shape index (κ1) is 15.7. The van der Waals surface area contributed by atoms with Crippen LogP contribution in [0.5, 0.6) is 0 Å². The Labute approximate surface area is 114 Å². The molecule has 2 unspecified atom stereocenters. The molecule has 2 heteroatoms. The normalized spacial score (nSPS) is 25.2. The standard InChI is InChI=1S/C16H32N2/c1-4-18(3)14-13-16(17-2)15-11-9-7-5-6-8-10-12-15/h5,7,15-17H,4,6,8-14H2,1-3H3/b7-5-. The summed E-state index contributed by atoms with van der Waals surface area (Å²) >= 11 is 0. The maximum absolute atomic E-state index is 3.57. The molecule has 1 aliphatic rings. The Morgan fingerprint density at radius 2 is 2.00 bits per heavy atom. The van der Waals surface area contributed by atoms with Crippen molar-refractivity contribution >= 4 is 0 Å². The Hall–Kier alpha value is -0.340. The zero-order valence-electron chi connectivity index (χ0n) is 12.6. The van der Waals surface area contributed by atoms with E-state index in [1.54, 1.807) is 0 Å². The summed E-state index contributed by atoms with van der Waals surface area (Å²) in [6, 6.07) is 0.700. The maximum Gasteiger partial charge on any atom is 0.0105 e. The van der Waals surface area contributed by atoms with Gasteiger partial charge in [-0.05, 0) is 71.6 Å². The highest BCUT2D eigenvalue weighted by Gasteiger charge is 2.19. The quantitative estimate of drug-likeness (QED) is 0.729. The first-order chi connectivity index (χ1) is 8.77. The molecule has 0 aromatic carbocycles. The Morgan fingerprint density at radius 3 is 2.72 bits per heavy atom. The largest absolute Gasteiger partial charge is 0.317 e. The second-order valence-electron chi connectivity index (χ2n) is 5.67. The van der Waals surface area contributed by atoms with Crippen LogP contribution in [-0.2, 0) is 0 Å². The number of allylic oxidation sites excluding steroid dienone is 2.